The van der Waals surface area contributed by atoms with Gasteiger partial charge in [0, 0.05) is 19.3 Å². The molecule has 0 radical (unpaired) electrons. The van der Waals surface area contributed by atoms with Crippen LogP contribution in [0.15, 0.2) is 97.2 Å². The number of allylic oxidation sites excluding steroid dienone is 16. The van der Waals surface area contributed by atoms with Crippen LogP contribution in [0.3, 0.4) is 0 Å². The third kappa shape index (κ3) is 57.1. The monoisotopic (exact) mass is 987 g/mol. The van der Waals surface area contributed by atoms with E-state index in [1.165, 1.54) is 116 Å². The molecule has 0 heterocycles. The van der Waals surface area contributed by atoms with Gasteiger partial charge in [-0.25, -0.2) is 0 Å². The van der Waals surface area contributed by atoms with E-state index in [4.69, 9.17) is 14.2 Å². The highest BCUT2D eigenvalue weighted by Crippen LogP contribution is 2.16. The number of carbonyl (C=O) groups excluding carboxylic acids is 3. The summed E-state index contributed by atoms with van der Waals surface area (Å²) in [5.41, 5.74) is 0. The van der Waals surface area contributed by atoms with E-state index in [0.717, 1.165) is 122 Å². The first kappa shape index (κ1) is 67.3. The molecule has 6 nitrogen and oxygen atoms in total. The summed E-state index contributed by atoms with van der Waals surface area (Å²) in [6.07, 6.45) is 78.4. The van der Waals surface area contributed by atoms with Gasteiger partial charge in [0.05, 0.1) is 0 Å². The first-order chi connectivity index (χ1) is 35.0. The van der Waals surface area contributed by atoms with Crippen LogP contribution in [0.2, 0.25) is 0 Å². The molecule has 0 aromatic rings. The summed E-state index contributed by atoms with van der Waals surface area (Å²) in [6, 6.07) is 0. The highest BCUT2D eigenvalue weighted by molar-refractivity contribution is 5.71. The van der Waals surface area contributed by atoms with E-state index in [-0.39, 0.29) is 31.1 Å². The summed E-state index contributed by atoms with van der Waals surface area (Å²) >= 11 is 0. The van der Waals surface area contributed by atoms with Gasteiger partial charge in [0.1, 0.15) is 13.2 Å². The number of rotatable bonds is 53. The maximum atomic E-state index is 12.9. The van der Waals surface area contributed by atoms with Crippen LogP contribution in [-0.2, 0) is 28.6 Å². The van der Waals surface area contributed by atoms with E-state index < -0.39 is 6.10 Å². The topological polar surface area (TPSA) is 78.9 Å². The Bertz CT molecular complexity index is 1410. The van der Waals surface area contributed by atoms with Crippen LogP contribution in [0.25, 0.3) is 0 Å². The zero-order valence-corrected chi connectivity index (χ0v) is 46.5. The lowest BCUT2D eigenvalue weighted by Crippen LogP contribution is -2.30. The highest BCUT2D eigenvalue weighted by Gasteiger charge is 2.19. The van der Waals surface area contributed by atoms with Gasteiger partial charge in [-0.2, -0.15) is 0 Å². The second kappa shape index (κ2) is 58.9. The van der Waals surface area contributed by atoms with E-state index in [9.17, 15) is 14.4 Å². The third-order valence-corrected chi connectivity index (χ3v) is 12.6. The number of carbonyl (C=O) groups is 3. The first-order valence-electron chi connectivity index (χ1n) is 29.7. The molecule has 0 aromatic carbocycles. The van der Waals surface area contributed by atoms with Crippen molar-refractivity contribution in [1.29, 1.82) is 0 Å². The second-order valence-electron chi connectivity index (χ2n) is 19.5. The number of esters is 3. The van der Waals surface area contributed by atoms with Gasteiger partial charge in [-0.1, -0.05) is 259 Å². The van der Waals surface area contributed by atoms with Crippen LogP contribution in [-0.4, -0.2) is 37.2 Å². The van der Waals surface area contributed by atoms with Gasteiger partial charge in [0.15, 0.2) is 6.10 Å². The fraction of sp³-hybridized carbons (Fsp3) is 0.708. The van der Waals surface area contributed by atoms with Crippen LogP contribution in [0, 0.1) is 0 Å². The Morgan fingerprint density at radius 3 is 0.887 bits per heavy atom. The van der Waals surface area contributed by atoms with Gasteiger partial charge in [0.25, 0.3) is 0 Å². The Morgan fingerprint density at radius 2 is 0.549 bits per heavy atom. The molecular formula is C65H110O6. The standard InChI is InChI=1S/C65H110O6/c1-4-7-10-13-16-19-22-25-28-30-31-32-33-35-38-41-44-47-50-53-56-59-65(68)71-62(60-69-63(66)57-54-51-48-45-42-39-36-27-24-21-18-15-12-9-6-3)61-70-64(67)58-55-52-49-46-43-40-37-34-29-26-23-20-17-14-11-8-5-2/h8-9,11-12,17-18,20-21,26-27,29,36-37,40,42,45,62H,4-7,10,13-16,19,22-25,28,30-35,38-39,41,43-44,46-61H2,1-3H3/b11-8-,12-9-,20-17-,21-18-,29-26-,36-27-,40-37-,45-42-/t62-/m0/s1. The van der Waals surface area contributed by atoms with Crippen molar-refractivity contribution in [3.63, 3.8) is 0 Å². The number of hydrogen-bond acceptors (Lipinski definition) is 6. The van der Waals surface area contributed by atoms with Gasteiger partial charge in [-0.15, -0.1) is 0 Å². The van der Waals surface area contributed by atoms with Gasteiger partial charge in [-0.05, 0) is 96.3 Å². The molecule has 406 valence electrons. The van der Waals surface area contributed by atoms with E-state index >= 15 is 0 Å². The lowest BCUT2D eigenvalue weighted by atomic mass is 10.0. The molecule has 0 aliphatic carbocycles. The summed E-state index contributed by atoms with van der Waals surface area (Å²) in [5.74, 6) is -0.959. The minimum Gasteiger partial charge on any atom is -0.462 e. The van der Waals surface area contributed by atoms with Crippen LogP contribution in [0.4, 0.5) is 0 Å². The lowest BCUT2D eigenvalue weighted by Gasteiger charge is -2.18. The second-order valence-corrected chi connectivity index (χ2v) is 19.5. The van der Waals surface area contributed by atoms with Gasteiger partial charge < -0.3 is 14.2 Å². The molecule has 0 aromatic heterocycles. The minimum atomic E-state index is -0.805. The van der Waals surface area contributed by atoms with Gasteiger partial charge in [-0.3, -0.25) is 14.4 Å². The van der Waals surface area contributed by atoms with Crippen LogP contribution in [0.1, 0.15) is 278 Å². The van der Waals surface area contributed by atoms with Crippen molar-refractivity contribution in [2.45, 2.75) is 284 Å². The van der Waals surface area contributed by atoms with Crippen LogP contribution in [0.5, 0.6) is 0 Å². The van der Waals surface area contributed by atoms with Crippen LogP contribution >= 0.6 is 0 Å². The van der Waals surface area contributed by atoms with Crippen molar-refractivity contribution < 1.29 is 28.6 Å². The van der Waals surface area contributed by atoms with Crippen molar-refractivity contribution in [1.82, 2.24) is 0 Å². The summed E-state index contributed by atoms with van der Waals surface area (Å²) in [7, 11) is 0. The molecule has 0 unspecified atom stereocenters. The molecule has 0 rings (SSSR count). The summed E-state index contributed by atoms with van der Waals surface area (Å²) in [5, 5.41) is 0. The Balaban J connectivity index is 4.43. The molecule has 71 heavy (non-hydrogen) atoms. The van der Waals surface area contributed by atoms with Gasteiger partial charge >= 0.3 is 17.9 Å². The third-order valence-electron chi connectivity index (χ3n) is 12.6. The molecular weight excluding hydrogens is 877 g/mol. The van der Waals surface area contributed by atoms with Crippen LogP contribution < -0.4 is 0 Å². The van der Waals surface area contributed by atoms with Crippen molar-refractivity contribution in [3.8, 4) is 0 Å². The Morgan fingerprint density at radius 1 is 0.296 bits per heavy atom. The Hall–Kier alpha value is -3.67. The zero-order chi connectivity index (χ0) is 51.4. The molecule has 0 N–H and O–H groups in total. The number of hydrogen-bond donors (Lipinski definition) is 0. The predicted octanol–water partition coefficient (Wildman–Crippen LogP) is 20.1. The quantitative estimate of drug-likeness (QED) is 0.0261. The van der Waals surface area contributed by atoms with Crippen molar-refractivity contribution in [2.75, 3.05) is 13.2 Å². The molecule has 0 bridgehead atoms. The fourth-order valence-corrected chi connectivity index (χ4v) is 8.19. The lowest BCUT2D eigenvalue weighted by molar-refractivity contribution is -0.167. The molecule has 0 fully saturated rings. The van der Waals surface area contributed by atoms with Crippen molar-refractivity contribution >= 4 is 17.9 Å². The van der Waals surface area contributed by atoms with E-state index in [0.29, 0.717) is 19.3 Å². The molecule has 0 amide bonds. The van der Waals surface area contributed by atoms with E-state index in [2.05, 4.69) is 118 Å². The largest absolute Gasteiger partial charge is 0.462 e. The number of unbranched alkanes of at least 4 members (excludes halogenated alkanes) is 26. The maximum absolute atomic E-state index is 12.9. The summed E-state index contributed by atoms with van der Waals surface area (Å²) in [4.78, 5) is 38.2. The van der Waals surface area contributed by atoms with Gasteiger partial charge in [0.2, 0.25) is 0 Å². The molecule has 0 saturated carbocycles. The SMILES string of the molecule is CC/C=C\C/C=C\C/C=C\C/C=C\CCCCCCC(=O)OC[C@H](COC(=O)CCCC/C=C\C/C=C\C/C=C\C/C=C\CC)OC(=O)CCCCCCCCCCCCCCCCCCCCCCC. The van der Waals surface area contributed by atoms with E-state index in [1.807, 2.05) is 0 Å². The Kier molecular flexibility index (Phi) is 55.9. The van der Waals surface area contributed by atoms with Crippen molar-refractivity contribution in [2.24, 2.45) is 0 Å². The van der Waals surface area contributed by atoms with Crippen molar-refractivity contribution in [3.05, 3.63) is 97.2 Å². The molecule has 1 atom stereocenters. The molecule has 6 heteroatoms. The molecule has 0 spiro atoms. The summed E-state index contributed by atoms with van der Waals surface area (Å²) < 4.78 is 16.8. The average Bonchev–Trinajstić information content (AvgIpc) is 3.37. The molecule has 0 saturated heterocycles. The van der Waals surface area contributed by atoms with E-state index in [1.54, 1.807) is 0 Å². The Labute approximate surface area is 438 Å². The minimum absolute atomic E-state index is 0.102. The normalized spacial score (nSPS) is 12.8. The molecule has 0 aliphatic heterocycles. The first-order valence-corrected chi connectivity index (χ1v) is 29.7. The molecule has 0 aliphatic rings. The predicted molar refractivity (Wildman–Crippen MR) is 307 cm³/mol. The average molecular weight is 988 g/mol. The zero-order valence-electron chi connectivity index (χ0n) is 46.5. The highest BCUT2D eigenvalue weighted by atomic mass is 16.6. The fourth-order valence-electron chi connectivity index (χ4n) is 8.19. The summed E-state index contributed by atoms with van der Waals surface area (Å²) in [6.45, 7) is 6.38. The number of ether oxygens (including phenoxy) is 3. The smallest absolute Gasteiger partial charge is 0.306 e. The maximum Gasteiger partial charge on any atom is 0.306 e.